The van der Waals surface area contributed by atoms with Gasteiger partial charge in [0.25, 0.3) is 0 Å². The Hall–Kier alpha value is -1.70. The molecule has 106 valence electrons. The molecule has 0 radical (unpaired) electrons. The van der Waals surface area contributed by atoms with Crippen molar-refractivity contribution in [3.8, 4) is 0 Å². The van der Waals surface area contributed by atoms with Crippen LogP contribution in [0.1, 0.15) is 15.2 Å². The Morgan fingerprint density at radius 3 is 2.95 bits per heavy atom. The van der Waals surface area contributed by atoms with Crippen LogP contribution >= 0.6 is 11.3 Å². The number of pyridine rings is 1. The lowest BCUT2D eigenvalue weighted by Gasteiger charge is -2.25. The quantitative estimate of drug-likeness (QED) is 0.889. The Morgan fingerprint density at radius 2 is 2.25 bits per heavy atom. The molecule has 3 N–H and O–H groups in total. The molecule has 2 aromatic heterocycles. The summed E-state index contributed by atoms with van der Waals surface area (Å²) in [6.07, 6.45) is 1.33. The largest absolute Gasteiger partial charge is 0.478 e. The van der Waals surface area contributed by atoms with Crippen LogP contribution < -0.4 is 5.73 Å². The van der Waals surface area contributed by atoms with Gasteiger partial charge in [-0.15, -0.1) is 11.3 Å². The Labute approximate surface area is 119 Å². The Bertz CT molecular complexity index is 650. The average molecular weight is 293 g/mol. The number of nitrogens with two attached hydrogens (primary N) is 1. The molecule has 0 bridgehead atoms. The summed E-state index contributed by atoms with van der Waals surface area (Å²) in [4.78, 5) is 18.6. The standard InChI is InChI=1S/C13H15N3O3S/c14-12-9-5-8(7-16-1-3-19-4-2-16)20-11(9)10(6-15-12)13(17)18/h5-6H,1-4,7H2,(H2,14,15)(H,17,18). The van der Waals surface area contributed by atoms with E-state index >= 15 is 0 Å². The van der Waals surface area contributed by atoms with Crippen molar-refractivity contribution < 1.29 is 14.6 Å². The van der Waals surface area contributed by atoms with E-state index in [1.165, 1.54) is 17.5 Å². The van der Waals surface area contributed by atoms with E-state index in [0.29, 0.717) is 10.5 Å². The molecule has 1 fully saturated rings. The number of aromatic nitrogens is 1. The number of aromatic carboxylic acids is 1. The maximum Gasteiger partial charge on any atom is 0.338 e. The zero-order chi connectivity index (χ0) is 14.1. The van der Waals surface area contributed by atoms with Gasteiger partial charge in [0, 0.05) is 36.1 Å². The van der Waals surface area contributed by atoms with E-state index in [9.17, 15) is 9.90 Å². The number of hydrogen-bond acceptors (Lipinski definition) is 6. The lowest BCUT2D eigenvalue weighted by atomic mass is 10.2. The summed E-state index contributed by atoms with van der Waals surface area (Å²) in [5, 5.41) is 9.94. The molecule has 1 aliphatic heterocycles. The van der Waals surface area contributed by atoms with Gasteiger partial charge in [0.15, 0.2) is 0 Å². The zero-order valence-electron chi connectivity index (χ0n) is 10.8. The van der Waals surface area contributed by atoms with Gasteiger partial charge in [-0.3, -0.25) is 4.90 Å². The van der Waals surface area contributed by atoms with Crippen LogP contribution in [0.3, 0.4) is 0 Å². The van der Waals surface area contributed by atoms with E-state index in [1.54, 1.807) is 0 Å². The number of carboxylic acids is 1. The third-order valence-electron chi connectivity index (χ3n) is 3.35. The number of carboxylic acid groups (broad SMARTS) is 1. The van der Waals surface area contributed by atoms with E-state index in [1.807, 2.05) is 6.07 Å². The number of hydrogen-bond donors (Lipinski definition) is 2. The molecule has 7 heteroatoms. The number of nitrogen functional groups attached to an aromatic ring is 1. The molecule has 0 spiro atoms. The van der Waals surface area contributed by atoms with Gasteiger partial charge in [0.2, 0.25) is 0 Å². The first-order valence-electron chi connectivity index (χ1n) is 6.35. The molecule has 3 rings (SSSR count). The summed E-state index contributed by atoms with van der Waals surface area (Å²) in [5.41, 5.74) is 6.06. The topological polar surface area (TPSA) is 88.7 Å². The first kappa shape index (κ1) is 13.3. The van der Waals surface area contributed by atoms with Crippen molar-refractivity contribution in [2.24, 2.45) is 0 Å². The van der Waals surface area contributed by atoms with Crippen LogP contribution in [-0.2, 0) is 11.3 Å². The van der Waals surface area contributed by atoms with Gasteiger partial charge in [-0.05, 0) is 6.07 Å². The second-order valence-corrected chi connectivity index (χ2v) is 5.84. The summed E-state index contributed by atoms with van der Waals surface area (Å²) in [6, 6.07) is 1.95. The highest BCUT2D eigenvalue weighted by molar-refractivity contribution is 7.19. The maximum atomic E-state index is 11.2. The molecule has 0 unspecified atom stereocenters. The summed E-state index contributed by atoms with van der Waals surface area (Å²) >= 11 is 1.48. The summed E-state index contributed by atoms with van der Waals surface area (Å²) in [5.74, 6) is -0.586. The van der Waals surface area contributed by atoms with Crippen molar-refractivity contribution in [3.05, 3.63) is 22.7 Å². The molecule has 0 aliphatic carbocycles. The molecular formula is C13H15N3O3S. The van der Waals surface area contributed by atoms with Gasteiger partial charge >= 0.3 is 5.97 Å². The molecular weight excluding hydrogens is 278 g/mol. The number of ether oxygens (including phenoxy) is 1. The zero-order valence-corrected chi connectivity index (χ0v) is 11.7. The molecule has 1 aliphatic rings. The van der Waals surface area contributed by atoms with Crippen molar-refractivity contribution in [2.75, 3.05) is 32.0 Å². The highest BCUT2D eigenvalue weighted by Crippen LogP contribution is 2.32. The molecule has 2 aromatic rings. The minimum absolute atomic E-state index is 0.215. The molecule has 0 aromatic carbocycles. The predicted molar refractivity (Wildman–Crippen MR) is 77.1 cm³/mol. The van der Waals surface area contributed by atoms with Crippen molar-refractivity contribution in [1.82, 2.24) is 9.88 Å². The highest BCUT2D eigenvalue weighted by Gasteiger charge is 2.17. The van der Waals surface area contributed by atoms with Crippen LogP contribution in [0.15, 0.2) is 12.3 Å². The van der Waals surface area contributed by atoms with Crippen LogP contribution in [0.25, 0.3) is 10.1 Å². The fraction of sp³-hybridized carbons (Fsp3) is 0.385. The minimum atomic E-state index is -0.970. The van der Waals surface area contributed by atoms with Crippen molar-refractivity contribution in [3.63, 3.8) is 0 Å². The van der Waals surface area contributed by atoms with Gasteiger partial charge in [-0.1, -0.05) is 0 Å². The van der Waals surface area contributed by atoms with E-state index < -0.39 is 5.97 Å². The van der Waals surface area contributed by atoms with Crippen molar-refractivity contribution in [1.29, 1.82) is 0 Å². The molecule has 0 atom stereocenters. The number of thiophene rings is 1. The van der Waals surface area contributed by atoms with Gasteiger partial charge in [0.1, 0.15) is 5.82 Å². The molecule has 6 nitrogen and oxygen atoms in total. The molecule has 3 heterocycles. The fourth-order valence-electron chi connectivity index (χ4n) is 2.30. The van der Waals surface area contributed by atoms with Gasteiger partial charge in [-0.25, -0.2) is 9.78 Å². The number of carbonyl (C=O) groups is 1. The van der Waals surface area contributed by atoms with Gasteiger partial charge in [0.05, 0.1) is 23.5 Å². The third-order valence-corrected chi connectivity index (χ3v) is 4.50. The van der Waals surface area contributed by atoms with E-state index in [0.717, 1.165) is 43.1 Å². The third kappa shape index (κ3) is 2.47. The van der Waals surface area contributed by atoms with Crippen molar-refractivity contribution in [2.45, 2.75) is 6.54 Å². The van der Waals surface area contributed by atoms with Crippen LogP contribution in [0.2, 0.25) is 0 Å². The van der Waals surface area contributed by atoms with Crippen LogP contribution in [0.5, 0.6) is 0 Å². The average Bonchev–Trinajstić information content (AvgIpc) is 2.84. The number of rotatable bonds is 3. The predicted octanol–water partition coefficient (Wildman–Crippen LogP) is 1.41. The van der Waals surface area contributed by atoms with E-state index in [2.05, 4.69) is 9.88 Å². The van der Waals surface area contributed by atoms with E-state index in [4.69, 9.17) is 10.5 Å². The highest BCUT2D eigenvalue weighted by atomic mass is 32.1. The molecule has 0 amide bonds. The number of morpholine rings is 1. The lowest BCUT2D eigenvalue weighted by molar-refractivity contribution is 0.0346. The first-order chi connectivity index (χ1) is 9.65. The minimum Gasteiger partial charge on any atom is -0.478 e. The molecule has 20 heavy (non-hydrogen) atoms. The summed E-state index contributed by atoms with van der Waals surface area (Å²) < 4.78 is 6.02. The van der Waals surface area contributed by atoms with Crippen molar-refractivity contribution >= 4 is 33.2 Å². The molecule has 1 saturated heterocycles. The fourth-order valence-corrected chi connectivity index (χ4v) is 3.51. The lowest BCUT2D eigenvalue weighted by Crippen LogP contribution is -2.35. The number of anilines is 1. The van der Waals surface area contributed by atoms with Gasteiger partial charge < -0.3 is 15.6 Å². The van der Waals surface area contributed by atoms with Gasteiger partial charge in [-0.2, -0.15) is 0 Å². The van der Waals surface area contributed by atoms with E-state index in [-0.39, 0.29) is 5.56 Å². The summed E-state index contributed by atoms with van der Waals surface area (Å²) in [7, 11) is 0. The van der Waals surface area contributed by atoms with Crippen LogP contribution in [-0.4, -0.2) is 47.3 Å². The smallest absolute Gasteiger partial charge is 0.338 e. The Morgan fingerprint density at radius 1 is 1.50 bits per heavy atom. The maximum absolute atomic E-state index is 11.2. The monoisotopic (exact) mass is 293 g/mol. The second-order valence-electron chi connectivity index (χ2n) is 4.71. The SMILES string of the molecule is Nc1ncc(C(=O)O)c2sc(CN3CCOCC3)cc12. The second kappa shape index (κ2) is 5.35. The normalized spacial score (nSPS) is 16.6. The Kier molecular flexibility index (Phi) is 3.56. The first-order valence-corrected chi connectivity index (χ1v) is 7.17. The summed E-state index contributed by atoms with van der Waals surface area (Å²) in [6.45, 7) is 4.08. The number of fused-ring (bicyclic) bond motifs is 1. The molecule has 0 saturated carbocycles. The number of nitrogens with zero attached hydrogens (tertiary/aromatic N) is 2. The Balaban J connectivity index is 1.94. The van der Waals surface area contributed by atoms with Crippen LogP contribution in [0.4, 0.5) is 5.82 Å². The van der Waals surface area contributed by atoms with Crippen LogP contribution in [0, 0.1) is 0 Å².